The fraction of sp³-hybridized carbons (Fsp3) is 0.400. The van der Waals surface area contributed by atoms with Gasteiger partial charge in [0.15, 0.2) is 11.5 Å². The summed E-state index contributed by atoms with van der Waals surface area (Å²) < 4.78 is 17.3. The SMILES string of the molecule is COc1ccc(C(c2cc(OC)c(OC)cc2Br)N2CCNCC2)cc1. The topological polar surface area (TPSA) is 43.0 Å². The Labute approximate surface area is 163 Å². The van der Waals surface area contributed by atoms with Gasteiger partial charge >= 0.3 is 0 Å². The molecular weight excluding hydrogens is 396 g/mol. The maximum Gasteiger partial charge on any atom is 0.161 e. The second kappa shape index (κ2) is 8.75. The first-order valence-corrected chi connectivity index (χ1v) is 9.47. The van der Waals surface area contributed by atoms with E-state index in [2.05, 4.69) is 44.3 Å². The molecule has 2 aromatic carbocycles. The quantitative estimate of drug-likeness (QED) is 0.774. The summed E-state index contributed by atoms with van der Waals surface area (Å²) in [5.41, 5.74) is 2.38. The van der Waals surface area contributed by atoms with Crippen molar-refractivity contribution in [3.8, 4) is 17.2 Å². The van der Waals surface area contributed by atoms with E-state index in [1.807, 2.05) is 18.2 Å². The molecule has 0 radical (unpaired) electrons. The number of nitrogens with zero attached hydrogens (tertiary/aromatic N) is 1. The molecule has 1 saturated heterocycles. The number of methoxy groups -OCH3 is 3. The summed E-state index contributed by atoms with van der Waals surface area (Å²) in [5, 5.41) is 3.43. The highest BCUT2D eigenvalue weighted by Gasteiger charge is 2.27. The second-order valence-corrected chi connectivity index (χ2v) is 7.04. The fourth-order valence-electron chi connectivity index (χ4n) is 3.39. The maximum atomic E-state index is 5.55. The molecule has 2 aromatic rings. The first kappa shape index (κ1) is 19.0. The van der Waals surface area contributed by atoms with E-state index in [9.17, 15) is 0 Å². The van der Waals surface area contributed by atoms with Gasteiger partial charge in [0.1, 0.15) is 5.75 Å². The lowest BCUT2D eigenvalue weighted by atomic mass is 9.96. The van der Waals surface area contributed by atoms with Gasteiger partial charge in [0.05, 0.1) is 27.4 Å². The largest absolute Gasteiger partial charge is 0.497 e. The van der Waals surface area contributed by atoms with Crippen molar-refractivity contribution < 1.29 is 14.2 Å². The summed E-state index contributed by atoms with van der Waals surface area (Å²) >= 11 is 3.74. The highest BCUT2D eigenvalue weighted by atomic mass is 79.9. The third kappa shape index (κ3) is 3.98. The van der Waals surface area contributed by atoms with E-state index in [4.69, 9.17) is 14.2 Å². The summed E-state index contributed by atoms with van der Waals surface area (Å²) in [7, 11) is 5.01. The first-order chi connectivity index (χ1) is 12.7. The van der Waals surface area contributed by atoms with Crippen LogP contribution in [0.15, 0.2) is 40.9 Å². The van der Waals surface area contributed by atoms with Gasteiger partial charge in [-0.3, -0.25) is 4.90 Å². The van der Waals surface area contributed by atoms with Gasteiger partial charge in [0.25, 0.3) is 0 Å². The van der Waals surface area contributed by atoms with Gasteiger partial charge in [-0.05, 0) is 35.4 Å². The van der Waals surface area contributed by atoms with E-state index in [-0.39, 0.29) is 6.04 Å². The van der Waals surface area contributed by atoms with Crippen molar-refractivity contribution >= 4 is 15.9 Å². The molecule has 140 valence electrons. The normalized spacial score (nSPS) is 16.2. The summed E-state index contributed by atoms with van der Waals surface area (Å²) in [4.78, 5) is 2.49. The zero-order chi connectivity index (χ0) is 18.5. The Morgan fingerprint density at radius 3 is 2.12 bits per heavy atom. The standard InChI is InChI=1S/C20H25BrN2O3/c1-24-15-6-4-14(5-7-15)20(23-10-8-22-9-11-23)16-12-18(25-2)19(26-3)13-17(16)21/h4-7,12-13,20,22H,8-11H2,1-3H3. The highest BCUT2D eigenvalue weighted by Crippen LogP contribution is 2.40. The van der Waals surface area contributed by atoms with E-state index < -0.39 is 0 Å². The van der Waals surface area contributed by atoms with Gasteiger partial charge in [-0.1, -0.05) is 28.1 Å². The highest BCUT2D eigenvalue weighted by molar-refractivity contribution is 9.10. The predicted molar refractivity (Wildman–Crippen MR) is 107 cm³/mol. The summed E-state index contributed by atoms with van der Waals surface area (Å²) in [6.45, 7) is 3.93. The van der Waals surface area contributed by atoms with Gasteiger partial charge in [0.2, 0.25) is 0 Å². The van der Waals surface area contributed by atoms with Crippen LogP contribution in [-0.4, -0.2) is 52.4 Å². The van der Waals surface area contributed by atoms with Crippen LogP contribution in [0.2, 0.25) is 0 Å². The fourth-order valence-corrected chi connectivity index (χ4v) is 3.93. The molecule has 1 atom stereocenters. The van der Waals surface area contributed by atoms with E-state index in [1.165, 1.54) is 5.56 Å². The number of rotatable bonds is 6. The Hall–Kier alpha value is -1.76. The maximum absolute atomic E-state index is 5.55. The van der Waals surface area contributed by atoms with Crippen molar-refractivity contribution in [1.82, 2.24) is 10.2 Å². The van der Waals surface area contributed by atoms with Crippen molar-refractivity contribution in [1.29, 1.82) is 0 Å². The van der Waals surface area contributed by atoms with Crippen molar-refractivity contribution in [3.63, 3.8) is 0 Å². The Kier molecular flexibility index (Phi) is 6.40. The molecule has 5 nitrogen and oxygen atoms in total. The van der Waals surface area contributed by atoms with Crippen molar-refractivity contribution in [2.45, 2.75) is 6.04 Å². The summed E-state index contributed by atoms with van der Waals surface area (Å²) in [6, 6.07) is 12.5. The molecule has 0 aromatic heterocycles. The molecule has 3 rings (SSSR count). The van der Waals surface area contributed by atoms with Crippen LogP contribution in [0.4, 0.5) is 0 Å². The molecular formula is C20H25BrN2O3. The molecule has 0 saturated carbocycles. The van der Waals surface area contributed by atoms with Crippen LogP contribution < -0.4 is 19.5 Å². The Morgan fingerprint density at radius 1 is 0.923 bits per heavy atom. The second-order valence-electron chi connectivity index (χ2n) is 6.19. The first-order valence-electron chi connectivity index (χ1n) is 8.68. The smallest absolute Gasteiger partial charge is 0.161 e. The number of halogens is 1. The van der Waals surface area contributed by atoms with E-state index in [0.29, 0.717) is 0 Å². The molecule has 6 heteroatoms. The zero-order valence-electron chi connectivity index (χ0n) is 15.4. The molecule has 1 unspecified atom stereocenters. The number of hydrogen-bond donors (Lipinski definition) is 1. The minimum Gasteiger partial charge on any atom is -0.497 e. The van der Waals surface area contributed by atoms with Crippen molar-refractivity contribution in [2.24, 2.45) is 0 Å². The van der Waals surface area contributed by atoms with Crippen molar-refractivity contribution in [2.75, 3.05) is 47.5 Å². The van der Waals surface area contributed by atoms with Gasteiger partial charge in [0, 0.05) is 30.7 Å². The molecule has 26 heavy (non-hydrogen) atoms. The van der Waals surface area contributed by atoms with Gasteiger partial charge in [-0.25, -0.2) is 0 Å². The number of ether oxygens (including phenoxy) is 3. The average molecular weight is 421 g/mol. The number of benzene rings is 2. The van der Waals surface area contributed by atoms with E-state index >= 15 is 0 Å². The predicted octanol–water partition coefficient (Wildman–Crippen LogP) is 3.47. The Bertz CT molecular complexity index is 731. The number of piperazine rings is 1. The van der Waals surface area contributed by atoms with Crippen LogP contribution in [0.3, 0.4) is 0 Å². The lowest BCUT2D eigenvalue weighted by molar-refractivity contribution is 0.197. The van der Waals surface area contributed by atoms with E-state index in [0.717, 1.165) is 53.5 Å². The Balaban J connectivity index is 2.07. The minimum atomic E-state index is 0.122. The third-order valence-corrected chi connectivity index (χ3v) is 5.43. The molecule has 1 heterocycles. The van der Waals surface area contributed by atoms with Crippen LogP contribution in [0.25, 0.3) is 0 Å². The molecule has 0 amide bonds. The zero-order valence-corrected chi connectivity index (χ0v) is 17.0. The number of hydrogen-bond acceptors (Lipinski definition) is 5. The van der Waals surface area contributed by atoms with Crippen LogP contribution in [0.5, 0.6) is 17.2 Å². The van der Waals surface area contributed by atoms with Crippen LogP contribution in [0, 0.1) is 0 Å². The number of nitrogens with one attached hydrogen (secondary N) is 1. The van der Waals surface area contributed by atoms with Gasteiger partial charge < -0.3 is 19.5 Å². The molecule has 1 aliphatic rings. The van der Waals surface area contributed by atoms with Crippen molar-refractivity contribution in [3.05, 3.63) is 52.0 Å². The lowest BCUT2D eigenvalue weighted by Gasteiger charge is -2.36. The molecule has 1 N–H and O–H groups in total. The summed E-state index contributed by atoms with van der Waals surface area (Å²) in [5.74, 6) is 2.32. The average Bonchev–Trinajstić information content (AvgIpc) is 2.70. The Morgan fingerprint density at radius 2 is 1.54 bits per heavy atom. The lowest BCUT2D eigenvalue weighted by Crippen LogP contribution is -2.45. The van der Waals surface area contributed by atoms with E-state index in [1.54, 1.807) is 21.3 Å². The summed E-state index contributed by atoms with van der Waals surface area (Å²) in [6.07, 6.45) is 0. The third-order valence-electron chi connectivity index (χ3n) is 4.75. The molecule has 0 spiro atoms. The van der Waals surface area contributed by atoms with Gasteiger partial charge in [-0.15, -0.1) is 0 Å². The molecule has 1 aliphatic heterocycles. The van der Waals surface area contributed by atoms with Crippen LogP contribution in [0.1, 0.15) is 17.2 Å². The monoisotopic (exact) mass is 420 g/mol. The molecule has 0 aliphatic carbocycles. The molecule has 0 bridgehead atoms. The van der Waals surface area contributed by atoms with Crippen LogP contribution in [-0.2, 0) is 0 Å². The van der Waals surface area contributed by atoms with Crippen LogP contribution >= 0.6 is 15.9 Å². The van der Waals surface area contributed by atoms with Gasteiger partial charge in [-0.2, -0.15) is 0 Å². The minimum absolute atomic E-state index is 0.122. The molecule has 1 fully saturated rings.